The number of fused-ring (bicyclic) bond motifs is 3. The third-order valence-corrected chi connectivity index (χ3v) is 12.3. The van der Waals surface area contributed by atoms with Crippen molar-refractivity contribution >= 4 is 32.3 Å². The smallest absolute Gasteiger partial charge is 0.136 e. The molecule has 0 radical (unpaired) electrons. The molecule has 0 bridgehead atoms. The standard InChI is InChI=1S/C50H51N2/c1-5-17-36(7-3)43(18-6-2)47-31-32-48(44-28-14-22-37-19-8-11-25-40(37)44)51(47)35-52(4)49(45-29-15-23-38-20-9-12-26-41(38)45)33-34-50(52)46-30-16-24-39-21-10-13-27-42(39)46/h5-30,47-50H,2,31-35H2,1,3-4H3/q+1. The first kappa shape index (κ1) is 34.1. The molecule has 260 valence electrons. The summed E-state index contributed by atoms with van der Waals surface area (Å²) >= 11 is 0. The Morgan fingerprint density at radius 1 is 0.635 bits per heavy atom. The lowest BCUT2D eigenvalue weighted by Crippen LogP contribution is -2.54. The Hall–Kier alpha value is -5.02. The molecule has 2 nitrogen and oxygen atoms in total. The number of hydrogen-bond acceptors (Lipinski definition) is 1. The third-order valence-electron chi connectivity index (χ3n) is 12.3. The summed E-state index contributed by atoms with van der Waals surface area (Å²) in [6.07, 6.45) is 15.5. The van der Waals surface area contributed by atoms with Gasteiger partial charge in [-0.15, -0.1) is 0 Å². The van der Waals surface area contributed by atoms with Crippen LogP contribution in [0.3, 0.4) is 0 Å². The number of hydrogen-bond donors (Lipinski definition) is 0. The average molecular weight is 680 g/mol. The lowest BCUT2D eigenvalue weighted by atomic mass is 9.94. The Labute approximate surface area is 310 Å². The molecule has 4 atom stereocenters. The van der Waals surface area contributed by atoms with E-state index in [1.807, 2.05) is 6.08 Å². The largest absolute Gasteiger partial charge is 0.301 e. The first-order valence-electron chi connectivity index (χ1n) is 19.2. The Bertz CT molecular complexity index is 2240. The lowest BCUT2D eigenvalue weighted by molar-refractivity contribution is -0.963. The van der Waals surface area contributed by atoms with Crippen LogP contribution >= 0.6 is 0 Å². The highest BCUT2D eigenvalue weighted by Crippen LogP contribution is 2.54. The van der Waals surface area contributed by atoms with Crippen LogP contribution in [0.5, 0.6) is 0 Å². The van der Waals surface area contributed by atoms with Gasteiger partial charge in [-0.2, -0.15) is 0 Å². The SMILES string of the molecule is C=CC=C(C(C=CC)=CC)C1CCC(c2cccc3ccccc23)N1C[N+]1(C)C(c2cccc3ccccc23)CCC1c1cccc2ccccc12. The molecule has 2 aliphatic heterocycles. The minimum absolute atomic E-state index is 0.251. The molecule has 2 heterocycles. The van der Waals surface area contributed by atoms with E-state index in [4.69, 9.17) is 0 Å². The number of quaternary nitrogens is 1. The minimum Gasteiger partial charge on any atom is -0.301 e. The van der Waals surface area contributed by atoms with Gasteiger partial charge in [0.25, 0.3) is 0 Å². The van der Waals surface area contributed by atoms with Crippen LogP contribution in [-0.4, -0.2) is 29.1 Å². The van der Waals surface area contributed by atoms with Crippen LogP contribution in [0.15, 0.2) is 175 Å². The molecular weight excluding hydrogens is 629 g/mol. The monoisotopic (exact) mass is 679 g/mol. The van der Waals surface area contributed by atoms with Crippen molar-refractivity contribution in [1.82, 2.24) is 4.90 Å². The summed E-state index contributed by atoms with van der Waals surface area (Å²) in [5.41, 5.74) is 7.06. The minimum atomic E-state index is 0.251. The maximum absolute atomic E-state index is 4.22. The van der Waals surface area contributed by atoms with Crippen LogP contribution < -0.4 is 0 Å². The van der Waals surface area contributed by atoms with Crippen molar-refractivity contribution in [1.29, 1.82) is 0 Å². The van der Waals surface area contributed by atoms with E-state index in [1.54, 1.807) is 0 Å². The van der Waals surface area contributed by atoms with Gasteiger partial charge in [-0.3, -0.25) is 0 Å². The topological polar surface area (TPSA) is 3.24 Å². The first-order valence-corrected chi connectivity index (χ1v) is 19.2. The summed E-state index contributed by atoms with van der Waals surface area (Å²) in [5, 5.41) is 8.12. The first-order chi connectivity index (χ1) is 25.6. The molecule has 0 spiro atoms. The van der Waals surface area contributed by atoms with Crippen LogP contribution in [0.25, 0.3) is 32.3 Å². The molecule has 2 aliphatic rings. The van der Waals surface area contributed by atoms with Gasteiger partial charge in [0, 0.05) is 36.1 Å². The Kier molecular flexibility index (Phi) is 9.53. The van der Waals surface area contributed by atoms with Crippen LogP contribution in [0, 0.1) is 0 Å². The van der Waals surface area contributed by atoms with E-state index >= 15 is 0 Å². The normalized spacial score (nSPS) is 24.4. The van der Waals surface area contributed by atoms with Crippen molar-refractivity contribution in [2.75, 3.05) is 13.7 Å². The highest BCUT2D eigenvalue weighted by molar-refractivity contribution is 5.88. The van der Waals surface area contributed by atoms with Crippen molar-refractivity contribution in [3.05, 3.63) is 192 Å². The summed E-state index contributed by atoms with van der Waals surface area (Å²) in [7, 11) is 2.58. The molecule has 0 amide bonds. The third kappa shape index (κ3) is 5.94. The second kappa shape index (κ2) is 14.5. The van der Waals surface area contributed by atoms with Crippen molar-refractivity contribution in [2.24, 2.45) is 0 Å². The van der Waals surface area contributed by atoms with Gasteiger partial charge in [0.05, 0.1) is 7.05 Å². The van der Waals surface area contributed by atoms with E-state index in [1.165, 1.54) is 60.2 Å². The van der Waals surface area contributed by atoms with Crippen LogP contribution in [-0.2, 0) is 0 Å². The van der Waals surface area contributed by atoms with E-state index in [9.17, 15) is 0 Å². The molecule has 0 N–H and O–H groups in total. The number of benzene rings is 6. The molecule has 0 aliphatic carbocycles. The van der Waals surface area contributed by atoms with E-state index < -0.39 is 0 Å². The second-order valence-corrected chi connectivity index (χ2v) is 15.0. The Morgan fingerprint density at radius 2 is 1.12 bits per heavy atom. The van der Waals surface area contributed by atoms with Crippen molar-refractivity contribution in [3.8, 4) is 0 Å². The van der Waals surface area contributed by atoms with E-state index in [2.05, 4.69) is 184 Å². The van der Waals surface area contributed by atoms with Gasteiger partial charge < -0.3 is 4.48 Å². The van der Waals surface area contributed by atoms with Gasteiger partial charge in [0.15, 0.2) is 0 Å². The van der Waals surface area contributed by atoms with Gasteiger partial charge in [0.1, 0.15) is 18.8 Å². The summed E-state index contributed by atoms with van der Waals surface area (Å²) < 4.78 is 0.927. The van der Waals surface area contributed by atoms with Crippen LogP contribution in [0.4, 0.5) is 0 Å². The molecule has 8 rings (SSSR count). The zero-order chi connectivity index (χ0) is 35.7. The number of allylic oxidation sites excluding steroid dienone is 5. The maximum Gasteiger partial charge on any atom is 0.136 e. The number of nitrogens with zero attached hydrogens (tertiary/aromatic N) is 2. The molecule has 0 aromatic heterocycles. The quantitative estimate of drug-likeness (QED) is 0.109. The molecule has 2 saturated heterocycles. The predicted octanol–water partition coefficient (Wildman–Crippen LogP) is 13.0. The molecule has 6 aromatic rings. The molecule has 52 heavy (non-hydrogen) atoms. The molecule has 2 fully saturated rings. The number of likely N-dealkylation sites (tertiary alicyclic amines) is 2. The Balaban J connectivity index is 1.34. The Morgan fingerprint density at radius 3 is 1.62 bits per heavy atom. The lowest BCUT2D eigenvalue weighted by Gasteiger charge is -2.47. The predicted molar refractivity (Wildman–Crippen MR) is 222 cm³/mol. The van der Waals surface area contributed by atoms with Crippen molar-refractivity contribution in [2.45, 2.75) is 63.7 Å². The van der Waals surface area contributed by atoms with Gasteiger partial charge in [-0.25, -0.2) is 4.90 Å². The van der Waals surface area contributed by atoms with Crippen LogP contribution in [0.2, 0.25) is 0 Å². The van der Waals surface area contributed by atoms with Gasteiger partial charge in [-0.05, 0) is 75.7 Å². The highest BCUT2D eigenvalue weighted by atomic mass is 15.5. The van der Waals surface area contributed by atoms with E-state index in [0.717, 1.165) is 36.8 Å². The zero-order valence-electron chi connectivity index (χ0n) is 31.0. The van der Waals surface area contributed by atoms with Gasteiger partial charge in [0.2, 0.25) is 0 Å². The fourth-order valence-corrected chi connectivity index (χ4v) is 10.0. The zero-order valence-corrected chi connectivity index (χ0v) is 31.0. The number of rotatable bonds is 9. The maximum atomic E-state index is 4.22. The van der Waals surface area contributed by atoms with Gasteiger partial charge >= 0.3 is 0 Å². The van der Waals surface area contributed by atoms with Crippen LogP contribution in [0.1, 0.15) is 74.3 Å². The van der Waals surface area contributed by atoms with E-state index in [0.29, 0.717) is 12.1 Å². The summed E-state index contributed by atoms with van der Waals surface area (Å²) in [4.78, 5) is 2.91. The molecule has 0 saturated carbocycles. The summed E-state index contributed by atoms with van der Waals surface area (Å²) in [5.74, 6) is 0. The summed E-state index contributed by atoms with van der Waals surface area (Å²) in [6, 6.07) is 49.1. The van der Waals surface area contributed by atoms with E-state index in [-0.39, 0.29) is 12.1 Å². The average Bonchev–Trinajstić information content (AvgIpc) is 3.75. The fourth-order valence-electron chi connectivity index (χ4n) is 10.0. The molecule has 6 aromatic carbocycles. The highest BCUT2D eigenvalue weighted by Gasteiger charge is 2.52. The molecule has 2 heteroatoms. The molecule has 4 unspecified atom stereocenters. The fraction of sp³-hybridized carbons (Fsp3) is 0.240. The molecular formula is C50H51N2+. The summed E-state index contributed by atoms with van der Waals surface area (Å²) in [6.45, 7) is 9.45. The van der Waals surface area contributed by atoms with Crippen molar-refractivity contribution < 1.29 is 4.48 Å². The second-order valence-electron chi connectivity index (χ2n) is 15.0. The van der Waals surface area contributed by atoms with Gasteiger partial charge in [-0.1, -0.05) is 164 Å². The van der Waals surface area contributed by atoms with Crippen molar-refractivity contribution in [3.63, 3.8) is 0 Å².